The molecule has 0 saturated carbocycles. The zero-order valence-electron chi connectivity index (χ0n) is 16.1. The van der Waals surface area contributed by atoms with Crippen molar-refractivity contribution >= 4 is 23.0 Å². The maximum atomic E-state index is 5.75. The summed E-state index contributed by atoms with van der Waals surface area (Å²) in [6.45, 7) is 8.96. The molecule has 3 rings (SSSR count). The van der Waals surface area contributed by atoms with Crippen LogP contribution in [0.2, 0.25) is 0 Å². The van der Waals surface area contributed by atoms with Crippen LogP contribution in [0.1, 0.15) is 17.5 Å². The van der Waals surface area contributed by atoms with Crippen LogP contribution in [-0.4, -0.2) is 44.5 Å². The van der Waals surface area contributed by atoms with Gasteiger partial charge in [0.2, 0.25) is 0 Å². The Labute approximate surface area is 168 Å². The number of ether oxygens (including phenoxy) is 1. The van der Waals surface area contributed by atoms with E-state index in [0.29, 0.717) is 0 Å². The average molecular weight is 385 g/mol. The molecular formula is C22H30N3OS+. The molecule has 1 aliphatic rings. The lowest BCUT2D eigenvalue weighted by molar-refractivity contribution is -0.908. The van der Waals surface area contributed by atoms with Gasteiger partial charge < -0.3 is 19.9 Å². The summed E-state index contributed by atoms with van der Waals surface area (Å²) in [5, 5.41) is 4.26. The Kier molecular flexibility index (Phi) is 7.63. The quantitative estimate of drug-likeness (QED) is 0.566. The maximum Gasteiger partial charge on any atom is 0.173 e. The van der Waals surface area contributed by atoms with Crippen molar-refractivity contribution in [3.8, 4) is 0 Å². The number of hydrogen-bond acceptors (Lipinski definition) is 2. The molecule has 5 heteroatoms. The highest BCUT2D eigenvalue weighted by molar-refractivity contribution is 7.80. The molecule has 144 valence electrons. The van der Waals surface area contributed by atoms with Crippen LogP contribution in [0.15, 0.2) is 54.6 Å². The van der Waals surface area contributed by atoms with E-state index in [1.165, 1.54) is 17.7 Å². The van der Waals surface area contributed by atoms with Gasteiger partial charge >= 0.3 is 0 Å². The number of thiocarbonyl (C=S) groups is 1. The Balaban J connectivity index is 1.57. The van der Waals surface area contributed by atoms with Gasteiger partial charge in [-0.2, -0.15) is 0 Å². The van der Waals surface area contributed by atoms with Crippen molar-refractivity contribution in [1.29, 1.82) is 0 Å². The maximum absolute atomic E-state index is 5.75. The highest BCUT2D eigenvalue weighted by atomic mass is 32.1. The van der Waals surface area contributed by atoms with Crippen molar-refractivity contribution in [3.05, 3.63) is 65.7 Å². The Morgan fingerprint density at radius 2 is 1.78 bits per heavy atom. The van der Waals surface area contributed by atoms with Crippen LogP contribution in [0, 0.1) is 6.92 Å². The van der Waals surface area contributed by atoms with Crippen LogP contribution in [0.3, 0.4) is 0 Å². The van der Waals surface area contributed by atoms with Crippen LogP contribution in [-0.2, 0) is 11.3 Å². The highest BCUT2D eigenvalue weighted by Gasteiger charge is 2.15. The van der Waals surface area contributed by atoms with E-state index < -0.39 is 0 Å². The molecule has 2 aromatic rings. The summed E-state index contributed by atoms with van der Waals surface area (Å²) in [5.41, 5.74) is 3.63. The monoisotopic (exact) mass is 384 g/mol. The lowest BCUT2D eigenvalue weighted by Crippen LogP contribution is -3.14. The topological polar surface area (TPSA) is 28.9 Å². The third kappa shape index (κ3) is 6.31. The van der Waals surface area contributed by atoms with Gasteiger partial charge in [-0.1, -0.05) is 48.0 Å². The Hall–Kier alpha value is -1.95. The summed E-state index contributed by atoms with van der Waals surface area (Å²) in [6, 6.07) is 19.0. The van der Waals surface area contributed by atoms with Gasteiger partial charge in [0.15, 0.2) is 5.11 Å². The standard InChI is InChI=1S/C22H29N3OS/c1-19-8-10-21(11-9-19)25(18-20-6-3-2-4-7-20)22(27)23-12-5-13-24-14-16-26-17-15-24/h2-4,6-11H,5,12-18H2,1H3,(H,23,27)/p+1. The molecule has 1 aliphatic heterocycles. The van der Waals surface area contributed by atoms with Gasteiger partial charge in [-0.15, -0.1) is 0 Å². The van der Waals surface area contributed by atoms with Crippen LogP contribution in [0.4, 0.5) is 5.69 Å². The number of aryl methyl sites for hydroxylation is 1. The summed E-state index contributed by atoms with van der Waals surface area (Å²) in [6.07, 6.45) is 1.11. The van der Waals surface area contributed by atoms with Crippen molar-refractivity contribution in [2.45, 2.75) is 19.9 Å². The predicted octanol–water partition coefficient (Wildman–Crippen LogP) is 2.18. The lowest BCUT2D eigenvalue weighted by atomic mass is 10.2. The first kappa shape index (κ1) is 19.8. The van der Waals surface area contributed by atoms with E-state index in [0.717, 1.165) is 56.6 Å². The molecule has 2 aromatic carbocycles. The van der Waals surface area contributed by atoms with Gasteiger partial charge in [0.05, 0.1) is 26.3 Å². The lowest BCUT2D eigenvalue weighted by Gasteiger charge is -2.27. The SMILES string of the molecule is Cc1ccc(N(Cc2ccccc2)C(=S)NCCC[NH+]2CCOCC2)cc1. The van der Waals surface area contributed by atoms with Crippen molar-refractivity contribution in [1.82, 2.24) is 5.32 Å². The summed E-state index contributed by atoms with van der Waals surface area (Å²) in [5.74, 6) is 0. The fraction of sp³-hybridized carbons (Fsp3) is 0.409. The third-order valence-electron chi connectivity index (χ3n) is 4.96. The molecule has 0 radical (unpaired) electrons. The molecule has 0 atom stereocenters. The Morgan fingerprint density at radius 1 is 1.07 bits per heavy atom. The Morgan fingerprint density at radius 3 is 2.48 bits per heavy atom. The summed E-state index contributed by atoms with van der Waals surface area (Å²) in [7, 11) is 0. The van der Waals surface area contributed by atoms with Gasteiger partial charge in [-0.25, -0.2) is 0 Å². The smallest absolute Gasteiger partial charge is 0.173 e. The second-order valence-electron chi connectivity index (χ2n) is 7.11. The van der Waals surface area contributed by atoms with E-state index in [9.17, 15) is 0 Å². The number of hydrogen-bond donors (Lipinski definition) is 2. The number of nitrogens with one attached hydrogen (secondary N) is 2. The van der Waals surface area contributed by atoms with E-state index in [4.69, 9.17) is 17.0 Å². The van der Waals surface area contributed by atoms with Gasteiger partial charge in [0.25, 0.3) is 0 Å². The summed E-state index contributed by atoms with van der Waals surface area (Å²) >= 11 is 5.75. The predicted molar refractivity (Wildman–Crippen MR) is 115 cm³/mol. The molecule has 0 aromatic heterocycles. The van der Waals surface area contributed by atoms with Gasteiger partial charge in [0, 0.05) is 18.7 Å². The normalized spacial score (nSPS) is 14.7. The number of quaternary nitrogens is 1. The van der Waals surface area contributed by atoms with E-state index in [2.05, 4.69) is 65.7 Å². The van der Waals surface area contributed by atoms with E-state index >= 15 is 0 Å². The largest absolute Gasteiger partial charge is 0.370 e. The molecule has 27 heavy (non-hydrogen) atoms. The summed E-state index contributed by atoms with van der Waals surface area (Å²) in [4.78, 5) is 3.82. The second-order valence-corrected chi connectivity index (χ2v) is 7.49. The minimum absolute atomic E-state index is 0.768. The van der Waals surface area contributed by atoms with E-state index in [1.807, 2.05) is 6.07 Å². The molecule has 0 spiro atoms. The zero-order valence-corrected chi connectivity index (χ0v) is 16.9. The molecule has 1 heterocycles. The van der Waals surface area contributed by atoms with Gasteiger partial charge in [-0.3, -0.25) is 0 Å². The molecule has 2 N–H and O–H groups in total. The molecule has 1 fully saturated rings. The molecule has 0 amide bonds. The number of nitrogens with zero attached hydrogens (tertiary/aromatic N) is 1. The number of anilines is 1. The minimum Gasteiger partial charge on any atom is -0.370 e. The molecule has 4 nitrogen and oxygen atoms in total. The average Bonchev–Trinajstić information content (AvgIpc) is 2.72. The first-order chi connectivity index (χ1) is 13.2. The zero-order chi connectivity index (χ0) is 18.9. The van der Waals surface area contributed by atoms with Crippen molar-refractivity contribution in [3.63, 3.8) is 0 Å². The van der Waals surface area contributed by atoms with E-state index in [1.54, 1.807) is 4.90 Å². The highest BCUT2D eigenvalue weighted by Crippen LogP contribution is 2.18. The van der Waals surface area contributed by atoms with Crippen molar-refractivity contribution < 1.29 is 9.64 Å². The minimum atomic E-state index is 0.768. The van der Waals surface area contributed by atoms with Crippen molar-refractivity contribution in [2.75, 3.05) is 44.3 Å². The molecule has 1 saturated heterocycles. The molecular weight excluding hydrogens is 354 g/mol. The summed E-state index contributed by atoms with van der Waals surface area (Å²) < 4.78 is 5.43. The van der Waals surface area contributed by atoms with E-state index in [-0.39, 0.29) is 0 Å². The van der Waals surface area contributed by atoms with Crippen LogP contribution in [0.5, 0.6) is 0 Å². The molecule has 0 unspecified atom stereocenters. The first-order valence-corrected chi connectivity index (χ1v) is 10.2. The van der Waals surface area contributed by atoms with Crippen molar-refractivity contribution in [2.24, 2.45) is 0 Å². The fourth-order valence-electron chi connectivity index (χ4n) is 3.31. The molecule has 0 aliphatic carbocycles. The fourth-order valence-corrected chi connectivity index (χ4v) is 3.58. The number of rotatable bonds is 7. The third-order valence-corrected chi connectivity index (χ3v) is 5.32. The first-order valence-electron chi connectivity index (χ1n) is 9.79. The van der Waals surface area contributed by atoms with Gasteiger partial charge in [-0.05, 0) is 36.8 Å². The van der Waals surface area contributed by atoms with Crippen LogP contribution in [0.25, 0.3) is 0 Å². The second kappa shape index (κ2) is 10.4. The van der Waals surface area contributed by atoms with Crippen LogP contribution >= 0.6 is 12.2 Å². The van der Waals surface area contributed by atoms with Gasteiger partial charge in [0.1, 0.15) is 13.1 Å². The number of morpholine rings is 1. The Bertz CT molecular complexity index is 699. The number of benzene rings is 2. The van der Waals surface area contributed by atoms with Crippen LogP contribution < -0.4 is 15.1 Å². The molecule has 0 bridgehead atoms.